The first kappa shape index (κ1) is 20.5. The fourth-order valence-electron chi connectivity index (χ4n) is 3.19. The van der Waals surface area contributed by atoms with Gasteiger partial charge in [0.05, 0.1) is 6.61 Å². The lowest BCUT2D eigenvalue weighted by Crippen LogP contribution is -2.33. The summed E-state index contributed by atoms with van der Waals surface area (Å²) in [5, 5.41) is 18.9. The minimum Gasteiger partial charge on any atom is -0.395 e. The van der Waals surface area contributed by atoms with E-state index >= 15 is 0 Å². The number of aryl methyl sites for hydroxylation is 1. The molecule has 27 heavy (non-hydrogen) atoms. The largest absolute Gasteiger partial charge is 0.395 e. The van der Waals surface area contributed by atoms with Crippen LogP contribution in [0, 0.1) is 25.2 Å². The van der Waals surface area contributed by atoms with E-state index in [4.69, 9.17) is 0 Å². The molecular weight excluding hydrogens is 338 g/mol. The molecule has 5 heteroatoms. The maximum Gasteiger partial charge on any atom is 0.264 e. The fraction of sp³-hybridized carbons (Fsp3) is 0.364. The van der Waals surface area contributed by atoms with Crippen LogP contribution < -0.4 is 0 Å². The monoisotopic (exact) mass is 365 g/mol. The number of hydrogen-bond donors (Lipinski definition) is 1. The van der Waals surface area contributed by atoms with Gasteiger partial charge in [0, 0.05) is 31.0 Å². The van der Waals surface area contributed by atoms with E-state index in [1.165, 1.54) is 4.90 Å². The third-order valence-electron chi connectivity index (χ3n) is 4.58. The number of aliphatic hydroxyl groups excluding tert-OH is 1. The van der Waals surface area contributed by atoms with Gasteiger partial charge in [0.15, 0.2) is 0 Å². The fourth-order valence-corrected chi connectivity index (χ4v) is 3.19. The SMILES string of the molecule is CCCn1c(C)cc(/C=C(/C#N)C(=O)N(CCO)Cc2ccccc2)c1C. The molecule has 0 saturated heterocycles. The van der Waals surface area contributed by atoms with Crippen molar-refractivity contribution in [3.05, 3.63) is 64.5 Å². The summed E-state index contributed by atoms with van der Waals surface area (Å²) in [5.41, 5.74) is 4.08. The van der Waals surface area contributed by atoms with Crippen LogP contribution in [-0.2, 0) is 17.9 Å². The van der Waals surface area contributed by atoms with Gasteiger partial charge >= 0.3 is 0 Å². The van der Waals surface area contributed by atoms with Gasteiger partial charge in [-0.1, -0.05) is 37.3 Å². The number of carbonyl (C=O) groups excluding carboxylic acids is 1. The third-order valence-corrected chi connectivity index (χ3v) is 4.58. The van der Waals surface area contributed by atoms with Gasteiger partial charge in [-0.3, -0.25) is 4.79 Å². The summed E-state index contributed by atoms with van der Waals surface area (Å²) >= 11 is 0. The summed E-state index contributed by atoms with van der Waals surface area (Å²) in [6, 6.07) is 13.6. The van der Waals surface area contributed by atoms with Crippen molar-refractivity contribution in [2.24, 2.45) is 0 Å². The number of aliphatic hydroxyl groups is 1. The van der Waals surface area contributed by atoms with Crippen molar-refractivity contribution in [1.29, 1.82) is 5.26 Å². The highest BCUT2D eigenvalue weighted by molar-refractivity contribution is 6.01. The molecule has 1 amide bonds. The van der Waals surface area contributed by atoms with Crippen LogP contribution in [0.15, 0.2) is 42.0 Å². The first-order valence-electron chi connectivity index (χ1n) is 9.24. The van der Waals surface area contributed by atoms with Crippen molar-refractivity contribution in [3.63, 3.8) is 0 Å². The van der Waals surface area contributed by atoms with Gasteiger partial charge in [-0.2, -0.15) is 5.26 Å². The summed E-state index contributed by atoms with van der Waals surface area (Å²) in [5.74, 6) is -0.365. The highest BCUT2D eigenvalue weighted by atomic mass is 16.3. The molecule has 5 nitrogen and oxygen atoms in total. The van der Waals surface area contributed by atoms with Gasteiger partial charge in [0.1, 0.15) is 11.6 Å². The lowest BCUT2D eigenvalue weighted by molar-refractivity contribution is -0.127. The van der Waals surface area contributed by atoms with E-state index in [1.807, 2.05) is 56.3 Å². The number of amides is 1. The quantitative estimate of drug-likeness (QED) is 0.575. The maximum absolute atomic E-state index is 12.9. The van der Waals surface area contributed by atoms with Gasteiger partial charge in [-0.25, -0.2) is 0 Å². The van der Waals surface area contributed by atoms with E-state index in [0.717, 1.165) is 35.5 Å². The lowest BCUT2D eigenvalue weighted by Gasteiger charge is -2.21. The molecule has 0 unspecified atom stereocenters. The minimum atomic E-state index is -0.365. The number of hydrogen-bond acceptors (Lipinski definition) is 3. The van der Waals surface area contributed by atoms with Crippen LogP contribution in [-0.4, -0.2) is 33.6 Å². The second-order valence-electron chi connectivity index (χ2n) is 6.58. The zero-order valence-corrected chi connectivity index (χ0v) is 16.3. The smallest absolute Gasteiger partial charge is 0.264 e. The number of rotatable bonds is 8. The standard InChI is InChI=1S/C22H27N3O2/c1-4-10-25-17(2)13-20(18(25)3)14-21(15-23)22(27)24(11-12-26)16-19-8-6-5-7-9-19/h5-9,13-14,26H,4,10-12,16H2,1-3H3/b21-14-. The topological polar surface area (TPSA) is 69.3 Å². The molecule has 1 aromatic carbocycles. The third kappa shape index (κ3) is 5.08. The predicted octanol–water partition coefficient (Wildman–Crippen LogP) is 3.44. The van der Waals surface area contributed by atoms with Gasteiger partial charge in [0.2, 0.25) is 0 Å². The average Bonchev–Trinajstić information content (AvgIpc) is 2.94. The Morgan fingerprint density at radius 3 is 2.59 bits per heavy atom. The van der Waals surface area contributed by atoms with Crippen LogP contribution in [0.25, 0.3) is 6.08 Å². The van der Waals surface area contributed by atoms with Gasteiger partial charge < -0.3 is 14.6 Å². The van der Waals surface area contributed by atoms with Crippen LogP contribution in [0.5, 0.6) is 0 Å². The summed E-state index contributed by atoms with van der Waals surface area (Å²) < 4.78 is 2.20. The predicted molar refractivity (Wildman–Crippen MR) is 107 cm³/mol. The van der Waals surface area contributed by atoms with E-state index in [9.17, 15) is 15.2 Å². The Kier molecular flexibility index (Phi) is 7.39. The molecule has 0 saturated carbocycles. The Morgan fingerprint density at radius 2 is 2.00 bits per heavy atom. The molecule has 0 bridgehead atoms. The molecule has 142 valence electrons. The molecule has 2 rings (SSSR count). The van der Waals surface area contributed by atoms with Gasteiger partial charge in [0.25, 0.3) is 5.91 Å². The highest BCUT2D eigenvalue weighted by Crippen LogP contribution is 2.20. The van der Waals surface area contributed by atoms with Crippen LogP contribution >= 0.6 is 0 Å². The second-order valence-corrected chi connectivity index (χ2v) is 6.58. The zero-order chi connectivity index (χ0) is 19.8. The van der Waals surface area contributed by atoms with E-state index in [2.05, 4.69) is 11.5 Å². The number of nitrogens with zero attached hydrogens (tertiary/aromatic N) is 3. The van der Waals surface area contributed by atoms with Crippen LogP contribution in [0.3, 0.4) is 0 Å². The average molecular weight is 365 g/mol. The molecule has 1 N–H and O–H groups in total. The number of benzene rings is 1. The lowest BCUT2D eigenvalue weighted by atomic mass is 10.1. The van der Waals surface area contributed by atoms with E-state index in [1.54, 1.807) is 6.08 Å². The van der Waals surface area contributed by atoms with Crippen LogP contribution in [0.1, 0.15) is 35.9 Å². The molecule has 2 aromatic rings. The Morgan fingerprint density at radius 1 is 1.30 bits per heavy atom. The first-order valence-corrected chi connectivity index (χ1v) is 9.24. The van der Waals surface area contributed by atoms with Gasteiger partial charge in [-0.15, -0.1) is 0 Å². The molecule has 0 fully saturated rings. The molecule has 0 aliphatic carbocycles. The molecule has 0 radical (unpaired) electrons. The van der Waals surface area contributed by atoms with Crippen LogP contribution in [0.4, 0.5) is 0 Å². The number of carbonyl (C=O) groups is 1. The van der Waals surface area contributed by atoms with Crippen molar-refractivity contribution in [2.45, 2.75) is 40.3 Å². The summed E-state index contributed by atoms with van der Waals surface area (Å²) in [6.45, 7) is 7.45. The second kappa shape index (κ2) is 9.75. The first-order chi connectivity index (χ1) is 13.0. The van der Waals surface area contributed by atoms with Crippen molar-refractivity contribution < 1.29 is 9.90 Å². The summed E-state index contributed by atoms with van der Waals surface area (Å²) in [7, 11) is 0. The molecule has 0 atom stereocenters. The van der Waals surface area contributed by atoms with Gasteiger partial charge in [-0.05, 0) is 43.5 Å². The van der Waals surface area contributed by atoms with E-state index in [0.29, 0.717) is 6.54 Å². The summed E-state index contributed by atoms with van der Waals surface area (Å²) in [6.07, 6.45) is 2.68. The van der Waals surface area contributed by atoms with Crippen LogP contribution in [0.2, 0.25) is 0 Å². The van der Waals surface area contributed by atoms with E-state index < -0.39 is 0 Å². The molecule has 0 aliphatic heterocycles. The Balaban J connectivity index is 2.31. The zero-order valence-electron chi connectivity index (χ0n) is 16.3. The molecule has 1 heterocycles. The molecule has 0 aliphatic rings. The van der Waals surface area contributed by atoms with Crippen molar-refractivity contribution in [3.8, 4) is 6.07 Å². The minimum absolute atomic E-state index is 0.0797. The maximum atomic E-state index is 12.9. The van der Waals surface area contributed by atoms with E-state index in [-0.39, 0.29) is 24.6 Å². The molecular formula is C22H27N3O2. The Hall–Kier alpha value is -2.84. The van der Waals surface area contributed by atoms with Crippen molar-refractivity contribution in [2.75, 3.05) is 13.2 Å². The molecule has 1 aromatic heterocycles. The number of aromatic nitrogens is 1. The Bertz CT molecular complexity index is 844. The normalized spacial score (nSPS) is 11.3. The highest BCUT2D eigenvalue weighted by Gasteiger charge is 2.19. The van der Waals surface area contributed by atoms with Crippen molar-refractivity contribution >= 4 is 12.0 Å². The number of nitriles is 1. The molecule has 0 spiro atoms. The van der Waals surface area contributed by atoms with Crippen molar-refractivity contribution in [1.82, 2.24) is 9.47 Å². The summed E-state index contributed by atoms with van der Waals surface area (Å²) in [4.78, 5) is 14.4. The Labute approximate surface area is 161 Å².